The number of hydrogen-bond acceptors (Lipinski definition) is 4. The van der Waals surface area contributed by atoms with Gasteiger partial charge >= 0.3 is 0 Å². The summed E-state index contributed by atoms with van der Waals surface area (Å²) >= 11 is 0. The summed E-state index contributed by atoms with van der Waals surface area (Å²) in [7, 11) is 0. The van der Waals surface area contributed by atoms with Crippen molar-refractivity contribution in [3.05, 3.63) is 17.5 Å². The van der Waals surface area contributed by atoms with Gasteiger partial charge in [-0.3, -0.25) is 4.90 Å². The predicted molar refractivity (Wildman–Crippen MR) is 98.2 cm³/mol. The number of likely N-dealkylation sites (tertiary alicyclic amines) is 1. The van der Waals surface area contributed by atoms with Crippen LogP contribution < -0.4 is 10.6 Å². The molecule has 0 amide bonds. The van der Waals surface area contributed by atoms with Crippen molar-refractivity contribution in [3.63, 3.8) is 0 Å². The molecule has 1 aromatic rings. The van der Waals surface area contributed by atoms with Crippen LogP contribution in [0.2, 0.25) is 0 Å². The molecule has 2 heterocycles. The maximum atomic E-state index is 5.29. The number of nitrogens with zero attached hydrogens (tertiary/aromatic N) is 3. The zero-order valence-electron chi connectivity index (χ0n) is 15.5. The summed E-state index contributed by atoms with van der Waals surface area (Å²) in [5.41, 5.74) is 0.980. The lowest BCUT2D eigenvalue weighted by Gasteiger charge is -2.35. The summed E-state index contributed by atoms with van der Waals surface area (Å²) < 4.78 is 5.29. The lowest BCUT2D eigenvalue weighted by Crippen LogP contribution is -2.45. The lowest BCUT2D eigenvalue weighted by atomic mass is 10.0. The average Bonchev–Trinajstić information content (AvgIpc) is 3.08. The largest absolute Gasteiger partial charge is 0.359 e. The van der Waals surface area contributed by atoms with Gasteiger partial charge in [0, 0.05) is 31.7 Å². The fourth-order valence-corrected chi connectivity index (χ4v) is 3.23. The summed E-state index contributed by atoms with van der Waals surface area (Å²) in [4.78, 5) is 7.21. The Morgan fingerprint density at radius 1 is 1.33 bits per heavy atom. The molecule has 136 valence electrons. The van der Waals surface area contributed by atoms with Crippen LogP contribution in [0, 0.1) is 0 Å². The van der Waals surface area contributed by atoms with Crippen LogP contribution in [0.3, 0.4) is 0 Å². The van der Waals surface area contributed by atoms with Crippen molar-refractivity contribution in [2.75, 3.05) is 26.2 Å². The van der Waals surface area contributed by atoms with Crippen molar-refractivity contribution < 1.29 is 4.52 Å². The molecule has 0 bridgehead atoms. The quantitative estimate of drug-likeness (QED) is 0.564. The zero-order chi connectivity index (χ0) is 17.2. The van der Waals surface area contributed by atoms with Gasteiger partial charge in [-0.25, -0.2) is 4.99 Å². The Kier molecular flexibility index (Phi) is 8.08. The molecule has 2 rings (SSSR count). The summed E-state index contributed by atoms with van der Waals surface area (Å²) in [6.07, 6.45) is 6.19. The van der Waals surface area contributed by atoms with Crippen LogP contribution in [-0.2, 0) is 13.0 Å². The number of nitrogens with one attached hydrogen (secondary N) is 2. The second-order valence-corrected chi connectivity index (χ2v) is 6.35. The molecule has 0 aromatic carbocycles. The molecule has 0 spiro atoms. The fourth-order valence-electron chi connectivity index (χ4n) is 3.23. The van der Waals surface area contributed by atoms with Crippen molar-refractivity contribution in [2.24, 2.45) is 4.99 Å². The van der Waals surface area contributed by atoms with Gasteiger partial charge in [0.25, 0.3) is 0 Å². The Morgan fingerprint density at radius 3 is 2.92 bits per heavy atom. The van der Waals surface area contributed by atoms with Crippen LogP contribution >= 0.6 is 0 Å². The minimum atomic E-state index is 0.517. The Bertz CT molecular complexity index is 499. The third-order valence-corrected chi connectivity index (χ3v) is 4.62. The second-order valence-electron chi connectivity index (χ2n) is 6.35. The molecule has 2 N–H and O–H groups in total. The van der Waals surface area contributed by atoms with Gasteiger partial charge in [-0.05, 0) is 39.2 Å². The van der Waals surface area contributed by atoms with Crippen molar-refractivity contribution in [1.82, 2.24) is 20.7 Å². The lowest BCUT2D eigenvalue weighted by molar-refractivity contribution is 0.147. The molecule has 1 saturated heterocycles. The van der Waals surface area contributed by atoms with Gasteiger partial charge in [-0.15, -0.1) is 0 Å². The molecule has 1 aliphatic heterocycles. The number of aromatic nitrogens is 1. The van der Waals surface area contributed by atoms with Gasteiger partial charge in [-0.1, -0.05) is 25.4 Å². The van der Waals surface area contributed by atoms with E-state index in [1.807, 2.05) is 6.07 Å². The summed E-state index contributed by atoms with van der Waals surface area (Å²) in [6, 6.07) is 2.73. The minimum absolute atomic E-state index is 0.517. The maximum Gasteiger partial charge on any atom is 0.191 e. The molecule has 24 heavy (non-hydrogen) atoms. The SMILES string of the molecule is CCNC(=NCc1cc(CC)no1)NCCN1CCCCC1CC. The average molecular weight is 335 g/mol. The van der Waals surface area contributed by atoms with E-state index in [0.29, 0.717) is 6.54 Å². The Hall–Kier alpha value is -1.56. The highest BCUT2D eigenvalue weighted by molar-refractivity contribution is 5.79. The normalized spacial score (nSPS) is 19.5. The molecule has 1 aliphatic rings. The van der Waals surface area contributed by atoms with E-state index in [2.05, 4.69) is 46.5 Å². The van der Waals surface area contributed by atoms with E-state index >= 15 is 0 Å². The van der Waals surface area contributed by atoms with E-state index in [1.54, 1.807) is 0 Å². The first-order valence-electron chi connectivity index (χ1n) is 9.47. The molecule has 6 nitrogen and oxygen atoms in total. The van der Waals surface area contributed by atoms with E-state index in [9.17, 15) is 0 Å². The van der Waals surface area contributed by atoms with E-state index in [4.69, 9.17) is 4.52 Å². The molecule has 1 unspecified atom stereocenters. The highest BCUT2D eigenvalue weighted by atomic mass is 16.5. The number of aliphatic imine (C=N–C) groups is 1. The smallest absolute Gasteiger partial charge is 0.191 e. The Labute approximate surface area is 146 Å². The highest BCUT2D eigenvalue weighted by Crippen LogP contribution is 2.18. The first-order valence-corrected chi connectivity index (χ1v) is 9.47. The van der Waals surface area contributed by atoms with E-state index in [0.717, 1.165) is 49.5 Å². The topological polar surface area (TPSA) is 65.7 Å². The second kappa shape index (κ2) is 10.3. The molecule has 1 atom stereocenters. The highest BCUT2D eigenvalue weighted by Gasteiger charge is 2.19. The van der Waals surface area contributed by atoms with Gasteiger partial charge in [0.2, 0.25) is 0 Å². The number of hydrogen-bond donors (Lipinski definition) is 2. The number of piperidine rings is 1. The molecule has 1 fully saturated rings. The maximum absolute atomic E-state index is 5.29. The first-order chi connectivity index (χ1) is 11.8. The van der Waals surface area contributed by atoms with Gasteiger partial charge < -0.3 is 15.2 Å². The van der Waals surface area contributed by atoms with Gasteiger partial charge in [0.15, 0.2) is 11.7 Å². The Morgan fingerprint density at radius 2 is 2.21 bits per heavy atom. The van der Waals surface area contributed by atoms with Crippen molar-refractivity contribution in [3.8, 4) is 0 Å². The van der Waals surface area contributed by atoms with Gasteiger partial charge in [0.05, 0.1) is 5.69 Å². The van der Waals surface area contributed by atoms with Gasteiger partial charge in [-0.2, -0.15) is 0 Å². The van der Waals surface area contributed by atoms with Crippen LogP contribution in [0.1, 0.15) is 57.9 Å². The third-order valence-electron chi connectivity index (χ3n) is 4.62. The van der Waals surface area contributed by atoms with Crippen LogP contribution in [-0.4, -0.2) is 48.2 Å². The number of rotatable bonds is 8. The number of aryl methyl sites for hydroxylation is 1. The fraction of sp³-hybridized carbons (Fsp3) is 0.778. The van der Waals surface area contributed by atoms with Gasteiger partial charge in [0.1, 0.15) is 6.54 Å². The van der Waals surface area contributed by atoms with Crippen molar-refractivity contribution >= 4 is 5.96 Å². The first kappa shape index (κ1) is 18.8. The molecular formula is C18H33N5O. The van der Waals surface area contributed by atoms with E-state index in [1.165, 1.54) is 32.2 Å². The molecular weight excluding hydrogens is 302 g/mol. The van der Waals surface area contributed by atoms with Crippen LogP contribution in [0.15, 0.2) is 15.6 Å². The molecule has 0 saturated carbocycles. The number of guanidine groups is 1. The summed E-state index contributed by atoms with van der Waals surface area (Å²) in [5.74, 6) is 1.66. The van der Waals surface area contributed by atoms with Crippen LogP contribution in [0.4, 0.5) is 0 Å². The third kappa shape index (κ3) is 5.82. The Balaban J connectivity index is 1.80. The zero-order valence-corrected chi connectivity index (χ0v) is 15.5. The predicted octanol–water partition coefficient (Wildman–Crippen LogP) is 2.56. The van der Waals surface area contributed by atoms with Crippen LogP contribution in [0.25, 0.3) is 0 Å². The summed E-state index contributed by atoms with van der Waals surface area (Å²) in [6.45, 7) is 11.0. The molecule has 6 heteroatoms. The minimum Gasteiger partial charge on any atom is -0.359 e. The van der Waals surface area contributed by atoms with Crippen molar-refractivity contribution in [2.45, 2.75) is 65.5 Å². The summed E-state index contributed by atoms with van der Waals surface area (Å²) in [5, 5.41) is 10.7. The molecule has 0 aliphatic carbocycles. The standard InChI is InChI=1S/C18H33N5O/c1-4-15-13-17(24-22-15)14-21-18(19-6-3)20-10-12-23-11-8-7-9-16(23)5-2/h13,16H,4-12,14H2,1-3H3,(H2,19,20,21). The molecule has 0 radical (unpaired) electrons. The monoisotopic (exact) mass is 335 g/mol. The van der Waals surface area contributed by atoms with E-state index in [-0.39, 0.29) is 0 Å². The molecule has 1 aromatic heterocycles. The van der Waals surface area contributed by atoms with Crippen molar-refractivity contribution in [1.29, 1.82) is 0 Å². The van der Waals surface area contributed by atoms with E-state index < -0.39 is 0 Å². The van der Waals surface area contributed by atoms with Crippen LogP contribution in [0.5, 0.6) is 0 Å².